The van der Waals surface area contributed by atoms with Crippen LogP contribution in [0.1, 0.15) is 19.4 Å². The Hall–Kier alpha value is -0.310. The Labute approximate surface area is 81.5 Å². The van der Waals surface area contributed by atoms with Gasteiger partial charge in [0.1, 0.15) is 0 Å². The van der Waals surface area contributed by atoms with E-state index in [9.17, 15) is 0 Å². The summed E-state index contributed by atoms with van der Waals surface area (Å²) in [5.74, 6) is 0. The second kappa shape index (κ2) is 3.39. The molecule has 0 atom stereocenters. The average molecular weight is 258 g/mol. The lowest BCUT2D eigenvalue weighted by molar-refractivity contribution is 1.59. The lowest BCUT2D eigenvalue weighted by Crippen LogP contribution is -1.68. The van der Waals surface area contributed by atoms with Crippen molar-refractivity contribution in [2.45, 2.75) is 13.8 Å². The van der Waals surface area contributed by atoms with Crippen LogP contribution >= 0.6 is 22.6 Å². The molecule has 0 radical (unpaired) electrons. The van der Waals surface area contributed by atoms with Crippen molar-refractivity contribution < 1.29 is 0 Å². The number of allylic oxidation sites excluding steroid dienone is 2. The van der Waals surface area contributed by atoms with Crippen molar-refractivity contribution >= 4 is 28.2 Å². The van der Waals surface area contributed by atoms with Crippen molar-refractivity contribution in [3.63, 3.8) is 0 Å². The quantitative estimate of drug-likeness (QED) is 0.671. The SMILES string of the molecule is C.IC1=C(c2ccccc2)C1. The fourth-order valence-corrected chi connectivity index (χ4v) is 1.70. The predicted molar refractivity (Wildman–Crippen MR) is 58.7 cm³/mol. The van der Waals surface area contributed by atoms with Gasteiger partial charge in [-0.25, -0.2) is 0 Å². The Morgan fingerprint density at radius 1 is 1.09 bits per heavy atom. The van der Waals surface area contributed by atoms with Gasteiger partial charge in [0.2, 0.25) is 0 Å². The Morgan fingerprint density at radius 3 is 2.09 bits per heavy atom. The van der Waals surface area contributed by atoms with Gasteiger partial charge in [0, 0.05) is 6.42 Å². The molecule has 58 valence electrons. The molecule has 2 rings (SSSR count). The molecular weight excluding hydrogens is 247 g/mol. The fraction of sp³-hybridized carbons (Fsp3) is 0.200. The molecule has 0 aliphatic heterocycles. The molecule has 0 spiro atoms. The van der Waals surface area contributed by atoms with Crippen LogP contribution < -0.4 is 0 Å². The first kappa shape index (κ1) is 8.78. The van der Waals surface area contributed by atoms with Gasteiger partial charge in [0.15, 0.2) is 0 Å². The topological polar surface area (TPSA) is 0 Å². The molecule has 0 saturated heterocycles. The smallest absolute Gasteiger partial charge is 0.00489 e. The van der Waals surface area contributed by atoms with E-state index in [1.54, 1.807) is 0 Å². The fourth-order valence-electron chi connectivity index (χ4n) is 1.01. The van der Waals surface area contributed by atoms with Crippen LogP contribution in [0.25, 0.3) is 5.57 Å². The monoisotopic (exact) mass is 258 g/mol. The molecule has 0 saturated carbocycles. The van der Waals surface area contributed by atoms with Crippen LogP contribution in [-0.4, -0.2) is 0 Å². The molecule has 0 fully saturated rings. The van der Waals surface area contributed by atoms with Crippen LogP contribution in [0.4, 0.5) is 0 Å². The third-order valence-electron chi connectivity index (χ3n) is 1.66. The lowest BCUT2D eigenvalue weighted by atomic mass is 10.2. The zero-order valence-corrected chi connectivity index (χ0v) is 7.63. The normalized spacial score (nSPS) is 14.3. The number of hydrogen-bond acceptors (Lipinski definition) is 0. The molecule has 0 unspecified atom stereocenters. The zero-order valence-electron chi connectivity index (χ0n) is 5.47. The van der Waals surface area contributed by atoms with E-state index in [2.05, 4.69) is 52.9 Å². The first-order chi connectivity index (χ1) is 4.88. The average Bonchev–Trinajstić information content (AvgIpc) is 2.69. The van der Waals surface area contributed by atoms with Crippen molar-refractivity contribution in [3.05, 3.63) is 39.5 Å². The van der Waals surface area contributed by atoms with E-state index in [-0.39, 0.29) is 7.43 Å². The van der Waals surface area contributed by atoms with E-state index in [0.29, 0.717) is 0 Å². The second-order valence-corrected chi connectivity index (χ2v) is 3.73. The third-order valence-corrected chi connectivity index (χ3v) is 2.69. The van der Waals surface area contributed by atoms with Crippen molar-refractivity contribution in [1.29, 1.82) is 0 Å². The Balaban J connectivity index is 0.000000605. The summed E-state index contributed by atoms with van der Waals surface area (Å²) in [7, 11) is 0. The minimum absolute atomic E-state index is 0. The first-order valence-corrected chi connectivity index (χ1v) is 4.39. The third kappa shape index (κ3) is 1.83. The van der Waals surface area contributed by atoms with Crippen LogP contribution in [-0.2, 0) is 0 Å². The maximum absolute atomic E-state index is 2.40. The molecule has 1 heteroatoms. The number of rotatable bonds is 1. The summed E-state index contributed by atoms with van der Waals surface area (Å²) in [5.41, 5.74) is 2.92. The maximum atomic E-state index is 2.40. The van der Waals surface area contributed by atoms with E-state index in [1.165, 1.54) is 21.1 Å². The molecule has 1 aliphatic carbocycles. The molecule has 0 N–H and O–H groups in total. The van der Waals surface area contributed by atoms with Gasteiger partial charge in [-0.15, -0.1) is 0 Å². The van der Waals surface area contributed by atoms with Gasteiger partial charge >= 0.3 is 0 Å². The van der Waals surface area contributed by atoms with Crippen LogP contribution in [0.3, 0.4) is 0 Å². The van der Waals surface area contributed by atoms with Crippen molar-refractivity contribution in [2.75, 3.05) is 0 Å². The second-order valence-electron chi connectivity index (χ2n) is 2.43. The van der Waals surface area contributed by atoms with Gasteiger partial charge < -0.3 is 0 Å². The molecule has 0 amide bonds. The van der Waals surface area contributed by atoms with Crippen molar-refractivity contribution in [3.8, 4) is 0 Å². The molecule has 1 aromatic rings. The predicted octanol–water partition coefficient (Wildman–Crippen LogP) is 3.87. The molecule has 0 heterocycles. The van der Waals surface area contributed by atoms with Gasteiger partial charge in [-0.05, 0) is 37.3 Å². The molecule has 11 heavy (non-hydrogen) atoms. The van der Waals surface area contributed by atoms with Gasteiger partial charge in [-0.1, -0.05) is 37.8 Å². The Bertz CT molecular complexity index is 272. The zero-order chi connectivity index (χ0) is 6.97. The standard InChI is InChI=1S/C9H7I.CH4/c10-9-6-8(9)7-4-2-1-3-5-7;/h1-5H,6H2;1H4. The Kier molecular flexibility index (Phi) is 2.71. The molecule has 1 aromatic carbocycles. The molecule has 0 nitrogen and oxygen atoms in total. The highest BCUT2D eigenvalue weighted by Gasteiger charge is 2.18. The van der Waals surface area contributed by atoms with Gasteiger partial charge in [-0.2, -0.15) is 0 Å². The summed E-state index contributed by atoms with van der Waals surface area (Å²) in [6.07, 6.45) is 1.21. The summed E-state index contributed by atoms with van der Waals surface area (Å²) in [4.78, 5) is 0. The number of halogens is 1. The van der Waals surface area contributed by atoms with E-state index < -0.39 is 0 Å². The van der Waals surface area contributed by atoms with Crippen molar-refractivity contribution in [1.82, 2.24) is 0 Å². The number of benzene rings is 1. The van der Waals surface area contributed by atoms with Crippen LogP contribution in [0, 0.1) is 0 Å². The molecular formula is C10H11I. The van der Waals surface area contributed by atoms with Crippen LogP contribution in [0.2, 0.25) is 0 Å². The van der Waals surface area contributed by atoms with Crippen LogP contribution in [0.5, 0.6) is 0 Å². The maximum Gasteiger partial charge on any atom is 0.00489 e. The number of hydrogen-bond donors (Lipinski definition) is 0. The molecule has 0 bridgehead atoms. The largest absolute Gasteiger partial charge is 0.0776 e. The van der Waals surface area contributed by atoms with E-state index in [1.807, 2.05) is 0 Å². The summed E-state index contributed by atoms with van der Waals surface area (Å²) in [6, 6.07) is 10.6. The van der Waals surface area contributed by atoms with Gasteiger partial charge in [0.25, 0.3) is 0 Å². The molecule has 0 aromatic heterocycles. The lowest BCUT2D eigenvalue weighted by Gasteiger charge is -1.89. The highest BCUT2D eigenvalue weighted by atomic mass is 127. The van der Waals surface area contributed by atoms with E-state index in [4.69, 9.17) is 0 Å². The van der Waals surface area contributed by atoms with E-state index in [0.717, 1.165) is 0 Å². The minimum Gasteiger partial charge on any atom is -0.0776 e. The molecule has 1 aliphatic rings. The highest BCUT2D eigenvalue weighted by Crippen LogP contribution is 2.43. The highest BCUT2D eigenvalue weighted by molar-refractivity contribution is 14.1. The van der Waals surface area contributed by atoms with Crippen molar-refractivity contribution in [2.24, 2.45) is 0 Å². The summed E-state index contributed by atoms with van der Waals surface area (Å²) < 4.78 is 1.52. The van der Waals surface area contributed by atoms with Gasteiger partial charge in [0.05, 0.1) is 0 Å². The van der Waals surface area contributed by atoms with Crippen LogP contribution in [0.15, 0.2) is 33.9 Å². The van der Waals surface area contributed by atoms with Gasteiger partial charge in [-0.3, -0.25) is 0 Å². The van der Waals surface area contributed by atoms with E-state index >= 15 is 0 Å². The summed E-state index contributed by atoms with van der Waals surface area (Å²) >= 11 is 2.40. The summed E-state index contributed by atoms with van der Waals surface area (Å²) in [6.45, 7) is 0. The minimum atomic E-state index is 0. The Morgan fingerprint density at radius 2 is 1.64 bits per heavy atom. The first-order valence-electron chi connectivity index (χ1n) is 3.31. The summed E-state index contributed by atoms with van der Waals surface area (Å²) in [5, 5.41) is 0.